The summed E-state index contributed by atoms with van der Waals surface area (Å²) in [6.07, 6.45) is 1.28. The predicted octanol–water partition coefficient (Wildman–Crippen LogP) is 4.89. The summed E-state index contributed by atoms with van der Waals surface area (Å²) < 4.78 is 28.3. The van der Waals surface area contributed by atoms with E-state index in [4.69, 9.17) is 11.6 Å². The Morgan fingerprint density at radius 1 is 0.923 bits per heavy atom. The lowest BCUT2D eigenvalue weighted by Crippen LogP contribution is -2.30. The van der Waals surface area contributed by atoms with E-state index in [1.165, 1.54) is 16.6 Å². The number of sulfonamides is 1. The summed E-state index contributed by atoms with van der Waals surface area (Å²) in [4.78, 5) is 4.05. The lowest BCUT2D eigenvalue weighted by Gasteiger charge is -2.22. The average Bonchev–Trinajstić information content (AvgIpc) is 2.65. The Balaban J connectivity index is 1.99. The average molecular weight is 452 g/mol. The zero-order valence-corrected chi connectivity index (χ0v) is 16.9. The molecule has 0 amide bonds. The number of nitrogens with zero attached hydrogens (tertiary/aromatic N) is 2. The highest BCUT2D eigenvalue weighted by Crippen LogP contribution is 2.26. The van der Waals surface area contributed by atoms with Crippen LogP contribution in [0.2, 0.25) is 5.15 Å². The molecule has 0 radical (unpaired) electrons. The summed E-state index contributed by atoms with van der Waals surface area (Å²) >= 11 is 9.15. The highest BCUT2D eigenvalue weighted by molar-refractivity contribution is 9.10. The SMILES string of the molecule is O=S(=O)(c1cnc(Cl)c(Br)c1)N(Cc1ccccc1)Cc1ccccc1. The molecule has 0 atom stereocenters. The van der Waals surface area contributed by atoms with Crippen LogP contribution in [0.1, 0.15) is 11.1 Å². The van der Waals surface area contributed by atoms with Crippen molar-refractivity contribution in [2.24, 2.45) is 0 Å². The molecule has 0 aliphatic carbocycles. The largest absolute Gasteiger partial charge is 0.245 e. The molecule has 134 valence electrons. The van der Waals surface area contributed by atoms with E-state index in [-0.39, 0.29) is 23.1 Å². The van der Waals surface area contributed by atoms with Crippen LogP contribution < -0.4 is 0 Å². The molecule has 2 aromatic carbocycles. The number of halogens is 2. The first-order valence-corrected chi connectivity index (χ1v) is 10.5. The molecule has 0 aliphatic rings. The Kier molecular flexibility index (Phi) is 6.09. The molecule has 0 aliphatic heterocycles. The van der Waals surface area contributed by atoms with Gasteiger partial charge in [-0.05, 0) is 33.1 Å². The van der Waals surface area contributed by atoms with Crippen molar-refractivity contribution < 1.29 is 8.42 Å². The summed E-state index contributed by atoms with van der Waals surface area (Å²) in [5.41, 5.74) is 1.82. The van der Waals surface area contributed by atoms with Gasteiger partial charge in [0.25, 0.3) is 0 Å². The molecule has 26 heavy (non-hydrogen) atoms. The maximum atomic E-state index is 13.2. The molecule has 0 saturated heterocycles. The van der Waals surface area contributed by atoms with Gasteiger partial charge in [0.15, 0.2) is 0 Å². The predicted molar refractivity (Wildman–Crippen MR) is 106 cm³/mol. The molecule has 1 aromatic heterocycles. The van der Waals surface area contributed by atoms with Gasteiger partial charge < -0.3 is 0 Å². The first kappa shape index (κ1) is 19.0. The van der Waals surface area contributed by atoms with Gasteiger partial charge in [-0.1, -0.05) is 72.3 Å². The van der Waals surface area contributed by atoms with E-state index < -0.39 is 10.0 Å². The van der Waals surface area contributed by atoms with Crippen molar-refractivity contribution in [2.75, 3.05) is 0 Å². The molecular weight excluding hydrogens is 436 g/mol. The van der Waals surface area contributed by atoms with Gasteiger partial charge in [0.2, 0.25) is 10.0 Å². The van der Waals surface area contributed by atoms with Crippen molar-refractivity contribution in [3.05, 3.63) is 93.7 Å². The second-order valence-corrected chi connectivity index (χ2v) is 8.84. The Bertz CT molecular complexity index is 941. The molecule has 4 nitrogen and oxygen atoms in total. The van der Waals surface area contributed by atoms with Crippen molar-refractivity contribution >= 4 is 37.6 Å². The number of aromatic nitrogens is 1. The number of rotatable bonds is 6. The van der Waals surface area contributed by atoms with Crippen LogP contribution in [-0.2, 0) is 23.1 Å². The Morgan fingerprint density at radius 2 is 1.42 bits per heavy atom. The van der Waals surface area contributed by atoms with Crippen LogP contribution in [0.5, 0.6) is 0 Å². The molecule has 0 unspecified atom stereocenters. The third-order valence-corrected chi connectivity index (χ3v) is 6.70. The molecule has 3 aromatic rings. The highest BCUT2D eigenvalue weighted by atomic mass is 79.9. The van der Waals surface area contributed by atoms with E-state index >= 15 is 0 Å². The zero-order valence-electron chi connectivity index (χ0n) is 13.7. The fourth-order valence-corrected chi connectivity index (χ4v) is 4.49. The van der Waals surface area contributed by atoms with Gasteiger partial charge in [0.1, 0.15) is 10.0 Å². The number of benzene rings is 2. The molecule has 0 spiro atoms. The Labute approximate surface area is 166 Å². The third-order valence-electron chi connectivity index (χ3n) is 3.81. The minimum Gasteiger partial charge on any atom is -0.242 e. The van der Waals surface area contributed by atoms with Gasteiger partial charge in [0, 0.05) is 19.3 Å². The normalized spacial score (nSPS) is 11.7. The molecular formula is C19H16BrClN2O2S. The summed E-state index contributed by atoms with van der Waals surface area (Å²) in [6, 6.07) is 20.5. The second-order valence-electron chi connectivity index (χ2n) is 5.69. The number of hydrogen-bond donors (Lipinski definition) is 0. The maximum Gasteiger partial charge on any atom is 0.245 e. The molecule has 0 bridgehead atoms. The second kappa shape index (κ2) is 8.31. The van der Waals surface area contributed by atoms with E-state index in [2.05, 4.69) is 20.9 Å². The number of pyridine rings is 1. The van der Waals surface area contributed by atoms with Gasteiger partial charge >= 0.3 is 0 Å². The topological polar surface area (TPSA) is 50.3 Å². The fraction of sp³-hybridized carbons (Fsp3) is 0.105. The fourth-order valence-electron chi connectivity index (χ4n) is 2.49. The van der Waals surface area contributed by atoms with Gasteiger partial charge in [0.05, 0.1) is 4.47 Å². The Hall–Kier alpha value is -1.73. The number of hydrogen-bond acceptors (Lipinski definition) is 3. The lowest BCUT2D eigenvalue weighted by molar-refractivity contribution is 0.401. The first-order valence-electron chi connectivity index (χ1n) is 7.86. The van der Waals surface area contributed by atoms with Crippen LogP contribution in [-0.4, -0.2) is 17.7 Å². The van der Waals surface area contributed by atoms with Crippen molar-refractivity contribution in [1.29, 1.82) is 0 Å². The molecule has 1 heterocycles. The molecule has 0 saturated carbocycles. The van der Waals surface area contributed by atoms with Crippen LogP contribution in [0.15, 0.2) is 82.3 Å². The van der Waals surface area contributed by atoms with Crippen LogP contribution in [0.3, 0.4) is 0 Å². The monoisotopic (exact) mass is 450 g/mol. The van der Waals surface area contributed by atoms with Gasteiger partial charge in [-0.2, -0.15) is 4.31 Å². The van der Waals surface area contributed by atoms with Crippen molar-refractivity contribution in [3.8, 4) is 0 Å². The van der Waals surface area contributed by atoms with E-state index in [1.807, 2.05) is 60.7 Å². The summed E-state index contributed by atoms with van der Waals surface area (Å²) in [5.74, 6) is 0. The Morgan fingerprint density at radius 3 is 1.88 bits per heavy atom. The van der Waals surface area contributed by atoms with E-state index in [1.54, 1.807) is 0 Å². The van der Waals surface area contributed by atoms with Crippen LogP contribution >= 0.6 is 27.5 Å². The van der Waals surface area contributed by atoms with Crippen LogP contribution in [0, 0.1) is 0 Å². The summed E-state index contributed by atoms with van der Waals surface area (Å²) in [5, 5.41) is 0.224. The standard InChI is InChI=1S/C19H16BrClN2O2S/c20-18-11-17(12-22-19(18)21)26(24,25)23(13-15-7-3-1-4-8-15)14-16-9-5-2-6-10-16/h1-12H,13-14H2. The van der Waals surface area contributed by atoms with Gasteiger partial charge in [-0.25, -0.2) is 13.4 Å². The minimum atomic E-state index is -3.75. The van der Waals surface area contributed by atoms with Crippen LogP contribution in [0.4, 0.5) is 0 Å². The summed E-state index contributed by atoms with van der Waals surface area (Å²) in [7, 11) is -3.75. The molecule has 7 heteroatoms. The zero-order chi connectivity index (χ0) is 18.6. The molecule has 0 fully saturated rings. The summed E-state index contributed by atoms with van der Waals surface area (Å²) in [6.45, 7) is 0.524. The smallest absolute Gasteiger partial charge is 0.242 e. The van der Waals surface area contributed by atoms with Crippen molar-refractivity contribution in [3.63, 3.8) is 0 Å². The molecule has 0 N–H and O–H groups in total. The van der Waals surface area contributed by atoms with E-state index in [0.717, 1.165) is 11.1 Å². The maximum absolute atomic E-state index is 13.2. The lowest BCUT2D eigenvalue weighted by atomic mass is 10.2. The van der Waals surface area contributed by atoms with Crippen LogP contribution in [0.25, 0.3) is 0 Å². The van der Waals surface area contributed by atoms with Crippen molar-refractivity contribution in [1.82, 2.24) is 9.29 Å². The molecule has 3 rings (SSSR count). The van der Waals surface area contributed by atoms with Gasteiger partial charge in [-0.15, -0.1) is 0 Å². The minimum absolute atomic E-state index is 0.0978. The first-order chi connectivity index (χ1) is 12.5. The van der Waals surface area contributed by atoms with E-state index in [0.29, 0.717) is 4.47 Å². The highest BCUT2D eigenvalue weighted by Gasteiger charge is 2.26. The third kappa shape index (κ3) is 4.51. The quantitative estimate of drug-likeness (QED) is 0.501. The van der Waals surface area contributed by atoms with Gasteiger partial charge in [-0.3, -0.25) is 0 Å². The van der Waals surface area contributed by atoms with E-state index in [9.17, 15) is 8.42 Å². The van der Waals surface area contributed by atoms with Crippen molar-refractivity contribution in [2.45, 2.75) is 18.0 Å².